The first-order valence-corrected chi connectivity index (χ1v) is 3.48. The van der Waals surface area contributed by atoms with E-state index in [1.54, 1.807) is 6.92 Å². The van der Waals surface area contributed by atoms with Gasteiger partial charge in [0.05, 0.1) is 12.2 Å². The number of unbranched alkanes of at least 4 members (excludes halogenated alkanes) is 1. The number of aliphatic hydroxyl groups excluding tert-OH is 2. The van der Waals surface area contributed by atoms with Crippen molar-refractivity contribution in [3.05, 3.63) is 0 Å². The molecule has 0 rings (SSSR count). The number of rotatable bonds is 4. The lowest BCUT2D eigenvalue weighted by Crippen LogP contribution is -2.21. The fraction of sp³-hybridized carbons (Fsp3) is 0.750. The van der Waals surface area contributed by atoms with Crippen molar-refractivity contribution >= 4 is 0 Å². The highest BCUT2D eigenvalue weighted by molar-refractivity contribution is 4.83. The van der Waals surface area contributed by atoms with Gasteiger partial charge in [0.2, 0.25) is 0 Å². The predicted octanol–water partition coefficient (Wildman–Crippen LogP) is 0.532. The van der Waals surface area contributed by atoms with Gasteiger partial charge in [0.1, 0.15) is 0 Å². The second kappa shape index (κ2) is 5.28. The van der Waals surface area contributed by atoms with Gasteiger partial charge in [-0.25, -0.2) is 0 Å². The lowest BCUT2D eigenvalue weighted by atomic mass is 10.1. The lowest BCUT2D eigenvalue weighted by Gasteiger charge is -2.11. The van der Waals surface area contributed by atoms with Crippen LogP contribution in [0.15, 0.2) is 0 Å². The van der Waals surface area contributed by atoms with E-state index in [0.717, 1.165) is 6.42 Å². The summed E-state index contributed by atoms with van der Waals surface area (Å²) in [7, 11) is 0. The van der Waals surface area contributed by atoms with Gasteiger partial charge in [-0.2, -0.15) is 0 Å². The normalized spacial score (nSPS) is 15.8. The first-order valence-electron chi connectivity index (χ1n) is 3.48. The van der Waals surface area contributed by atoms with Crippen LogP contribution in [0.25, 0.3) is 0 Å². The van der Waals surface area contributed by atoms with Crippen LogP contribution in [-0.2, 0) is 0 Å². The zero-order valence-corrected chi connectivity index (χ0v) is 6.25. The van der Waals surface area contributed by atoms with Gasteiger partial charge in [0, 0.05) is 6.42 Å². The van der Waals surface area contributed by atoms with E-state index in [1.807, 2.05) is 0 Å². The third kappa shape index (κ3) is 4.37. The maximum absolute atomic E-state index is 9.03. The van der Waals surface area contributed by atoms with E-state index in [0.29, 0.717) is 12.8 Å². The third-order valence-electron chi connectivity index (χ3n) is 1.38. The molecule has 2 atom stereocenters. The Labute approximate surface area is 61.9 Å². The molecule has 0 bridgehead atoms. The molecule has 0 spiro atoms. The predicted molar refractivity (Wildman–Crippen MR) is 40.4 cm³/mol. The maximum atomic E-state index is 9.03. The number of terminal acetylenes is 1. The molecule has 2 unspecified atom stereocenters. The fourth-order valence-corrected chi connectivity index (χ4v) is 0.654. The van der Waals surface area contributed by atoms with Crippen molar-refractivity contribution in [2.24, 2.45) is 0 Å². The SMILES string of the molecule is C#CCCCC(O)C(C)O. The van der Waals surface area contributed by atoms with Gasteiger partial charge >= 0.3 is 0 Å². The fourth-order valence-electron chi connectivity index (χ4n) is 0.654. The van der Waals surface area contributed by atoms with E-state index in [4.69, 9.17) is 16.6 Å². The minimum Gasteiger partial charge on any atom is -0.391 e. The van der Waals surface area contributed by atoms with E-state index in [9.17, 15) is 0 Å². The zero-order valence-electron chi connectivity index (χ0n) is 6.25. The molecule has 0 aromatic heterocycles. The molecule has 0 heterocycles. The average molecular weight is 142 g/mol. The first kappa shape index (κ1) is 9.48. The highest BCUT2D eigenvalue weighted by Crippen LogP contribution is 2.03. The Kier molecular flexibility index (Phi) is 5.00. The van der Waals surface area contributed by atoms with E-state index in [-0.39, 0.29) is 0 Å². The van der Waals surface area contributed by atoms with Gasteiger partial charge in [-0.1, -0.05) is 0 Å². The summed E-state index contributed by atoms with van der Waals surface area (Å²) in [6, 6.07) is 0. The van der Waals surface area contributed by atoms with Crippen LogP contribution in [-0.4, -0.2) is 22.4 Å². The first-order chi connectivity index (χ1) is 4.68. The van der Waals surface area contributed by atoms with Crippen molar-refractivity contribution in [2.45, 2.75) is 38.4 Å². The Morgan fingerprint density at radius 3 is 2.50 bits per heavy atom. The molecular weight excluding hydrogens is 128 g/mol. The standard InChI is InChI=1S/C8H14O2/c1-3-4-5-6-8(10)7(2)9/h1,7-10H,4-6H2,2H3. The Hall–Kier alpha value is -0.520. The zero-order chi connectivity index (χ0) is 7.98. The van der Waals surface area contributed by atoms with E-state index < -0.39 is 12.2 Å². The van der Waals surface area contributed by atoms with E-state index in [2.05, 4.69) is 5.92 Å². The van der Waals surface area contributed by atoms with Crippen molar-refractivity contribution in [3.8, 4) is 12.3 Å². The molecule has 0 amide bonds. The highest BCUT2D eigenvalue weighted by Gasteiger charge is 2.08. The molecule has 58 valence electrons. The average Bonchev–Trinajstić information content (AvgIpc) is 1.88. The molecule has 0 fully saturated rings. The van der Waals surface area contributed by atoms with Crippen LogP contribution in [0.1, 0.15) is 26.2 Å². The van der Waals surface area contributed by atoms with Crippen LogP contribution in [0.2, 0.25) is 0 Å². The molecular formula is C8H14O2. The highest BCUT2D eigenvalue weighted by atomic mass is 16.3. The second-order valence-electron chi connectivity index (χ2n) is 2.40. The minimum atomic E-state index is -0.641. The Morgan fingerprint density at radius 1 is 1.50 bits per heavy atom. The summed E-state index contributed by atoms with van der Waals surface area (Å²) in [5.41, 5.74) is 0. The van der Waals surface area contributed by atoms with Crippen LogP contribution in [0, 0.1) is 12.3 Å². The number of aliphatic hydroxyl groups is 2. The summed E-state index contributed by atoms with van der Waals surface area (Å²) in [5.74, 6) is 2.47. The van der Waals surface area contributed by atoms with Crippen molar-refractivity contribution in [2.75, 3.05) is 0 Å². The van der Waals surface area contributed by atoms with Crippen LogP contribution < -0.4 is 0 Å². The van der Waals surface area contributed by atoms with Gasteiger partial charge in [0.25, 0.3) is 0 Å². The molecule has 0 aromatic carbocycles. The Morgan fingerprint density at radius 2 is 2.10 bits per heavy atom. The summed E-state index contributed by atoms with van der Waals surface area (Å²) < 4.78 is 0. The second-order valence-corrected chi connectivity index (χ2v) is 2.40. The van der Waals surface area contributed by atoms with Gasteiger partial charge in [-0.3, -0.25) is 0 Å². The minimum absolute atomic E-state index is 0.585. The van der Waals surface area contributed by atoms with E-state index >= 15 is 0 Å². The summed E-state index contributed by atoms with van der Waals surface area (Å²) in [4.78, 5) is 0. The Bertz CT molecular complexity index is 113. The summed E-state index contributed by atoms with van der Waals surface area (Å²) >= 11 is 0. The molecule has 2 nitrogen and oxygen atoms in total. The summed E-state index contributed by atoms with van der Waals surface area (Å²) in [6.07, 6.45) is 5.77. The number of hydrogen-bond donors (Lipinski definition) is 2. The molecule has 0 saturated heterocycles. The molecule has 2 N–H and O–H groups in total. The van der Waals surface area contributed by atoms with Gasteiger partial charge in [0.15, 0.2) is 0 Å². The molecule has 0 aliphatic heterocycles. The van der Waals surface area contributed by atoms with Crippen LogP contribution >= 0.6 is 0 Å². The molecule has 0 saturated carbocycles. The third-order valence-corrected chi connectivity index (χ3v) is 1.38. The molecule has 0 aromatic rings. The molecule has 0 aliphatic rings. The topological polar surface area (TPSA) is 40.5 Å². The monoisotopic (exact) mass is 142 g/mol. The largest absolute Gasteiger partial charge is 0.391 e. The van der Waals surface area contributed by atoms with E-state index in [1.165, 1.54) is 0 Å². The van der Waals surface area contributed by atoms with Gasteiger partial charge < -0.3 is 10.2 Å². The summed E-state index contributed by atoms with van der Waals surface area (Å²) in [6.45, 7) is 1.57. The molecule has 0 aliphatic carbocycles. The van der Waals surface area contributed by atoms with Gasteiger partial charge in [-0.15, -0.1) is 12.3 Å². The van der Waals surface area contributed by atoms with Crippen molar-refractivity contribution in [3.63, 3.8) is 0 Å². The van der Waals surface area contributed by atoms with Crippen molar-refractivity contribution < 1.29 is 10.2 Å². The Balaban J connectivity index is 3.23. The van der Waals surface area contributed by atoms with Crippen molar-refractivity contribution in [1.82, 2.24) is 0 Å². The van der Waals surface area contributed by atoms with Crippen molar-refractivity contribution in [1.29, 1.82) is 0 Å². The quantitative estimate of drug-likeness (QED) is 0.444. The summed E-state index contributed by atoms with van der Waals surface area (Å²) in [5, 5.41) is 17.9. The van der Waals surface area contributed by atoms with Crippen LogP contribution in [0.3, 0.4) is 0 Å². The van der Waals surface area contributed by atoms with Crippen LogP contribution in [0.5, 0.6) is 0 Å². The molecule has 0 radical (unpaired) electrons. The lowest BCUT2D eigenvalue weighted by molar-refractivity contribution is 0.0253. The van der Waals surface area contributed by atoms with Gasteiger partial charge in [-0.05, 0) is 19.8 Å². The molecule has 10 heavy (non-hydrogen) atoms. The number of hydrogen-bond acceptors (Lipinski definition) is 2. The van der Waals surface area contributed by atoms with Crippen LogP contribution in [0.4, 0.5) is 0 Å². The maximum Gasteiger partial charge on any atom is 0.0796 e. The molecule has 2 heteroatoms. The smallest absolute Gasteiger partial charge is 0.0796 e.